The predicted molar refractivity (Wildman–Crippen MR) is 52.6 cm³/mol. The van der Waals surface area contributed by atoms with Crippen molar-refractivity contribution in [2.24, 2.45) is 0 Å². The van der Waals surface area contributed by atoms with Crippen LogP contribution in [-0.2, 0) is 9.59 Å². The minimum atomic E-state index is -0.781. The van der Waals surface area contributed by atoms with Crippen LogP contribution in [0.3, 0.4) is 0 Å². The van der Waals surface area contributed by atoms with Crippen molar-refractivity contribution in [1.82, 2.24) is 10.2 Å². The van der Waals surface area contributed by atoms with Crippen LogP contribution in [-0.4, -0.2) is 48.1 Å². The highest BCUT2D eigenvalue weighted by molar-refractivity contribution is 6.35. The predicted octanol–water partition coefficient (Wildman–Crippen LogP) is -1.14. The molecule has 0 unspecified atom stereocenters. The Hall–Kier alpha value is -1.61. The Morgan fingerprint density at radius 3 is 2.67 bits per heavy atom. The molecule has 0 atom stereocenters. The Morgan fingerprint density at radius 2 is 2.20 bits per heavy atom. The van der Waals surface area contributed by atoms with Crippen LogP contribution in [0.4, 0.5) is 0 Å². The van der Waals surface area contributed by atoms with Crippen molar-refractivity contribution < 1.29 is 14.7 Å². The van der Waals surface area contributed by atoms with E-state index in [1.54, 1.807) is 13.0 Å². The Labute approximate surface area is 88.5 Å². The van der Waals surface area contributed by atoms with Gasteiger partial charge in [-0.1, -0.05) is 0 Å². The highest BCUT2D eigenvalue weighted by Crippen LogP contribution is 1.92. The van der Waals surface area contributed by atoms with Crippen molar-refractivity contribution in [3.8, 4) is 6.07 Å². The number of rotatable bonds is 5. The van der Waals surface area contributed by atoms with Gasteiger partial charge in [-0.05, 0) is 13.3 Å². The van der Waals surface area contributed by atoms with Crippen molar-refractivity contribution in [1.29, 1.82) is 5.26 Å². The summed E-state index contributed by atoms with van der Waals surface area (Å²) in [7, 11) is 0. The molecular formula is C9H15N3O3. The molecule has 2 amide bonds. The normalized spacial score (nSPS) is 9.13. The fraction of sp³-hybridized carbons (Fsp3) is 0.667. The summed E-state index contributed by atoms with van der Waals surface area (Å²) in [6.07, 6.45) is 0.436. The number of hydrogen-bond donors (Lipinski definition) is 2. The molecule has 0 aliphatic rings. The third-order valence-electron chi connectivity index (χ3n) is 1.78. The summed E-state index contributed by atoms with van der Waals surface area (Å²) in [6.45, 7) is 2.28. The number of likely N-dealkylation sites (N-methyl/N-ethyl adjacent to an activating group) is 1. The first-order chi connectivity index (χ1) is 7.17. The van der Waals surface area contributed by atoms with Gasteiger partial charge in [0.25, 0.3) is 0 Å². The molecule has 0 aromatic heterocycles. The lowest BCUT2D eigenvalue weighted by Crippen LogP contribution is -2.43. The Bertz CT molecular complexity index is 260. The number of aliphatic hydroxyl groups is 1. The molecule has 0 saturated heterocycles. The second kappa shape index (κ2) is 7.76. The maximum atomic E-state index is 11.4. The zero-order valence-electron chi connectivity index (χ0n) is 8.69. The van der Waals surface area contributed by atoms with Crippen LogP contribution in [0.2, 0.25) is 0 Å². The van der Waals surface area contributed by atoms with Crippen LogP contribution < -0.4 is 5.32 Å². The smallest absolute Gasteiger partial charge is 0.311 e. The van der Waals surface area contributed by atoms with Crippen molar-refractivity contribution in [2.75, 3.05) is 26.2 Å². The van der Waals surface area contributed by atoms with Crippen molar-refractivity contribution in [3.63, 3.8) is 0 Å². The minimum absolute atomic E-state index is 0.0242. The summed E-state index contributed by atoms with van der Waals surface area (Å²) >= 11 is 0. The molecule has 0 aliphatic heterocycles. The van der Waals surface area contributed by atoms with Crippen LogP contribution in [0.25, 0.3) is 0 Å². The zero-order valence-corrected chi connectivity index (χ0v) is 8.69. The number of nitrogens with one attached hydrogen (secondary N) is 1. The summed E-state index contributed by atoms with van der Waals surface area (Å²) in [5.74, 6) is -1.45. The number of carbonyl (C=O) groups is 2. The van der Waals surface area contributed by atoms with E-state index in [0.29, 0.717) is 19.5 Å². The first-order valence-corrected chi connectivity index (χ1v) is 4.72. The van der Waals surface area contributed by atoms with E-state index in [2.05, 4.69) is 5.32 Å². The molecule has 0 fully saturated rings. The number of hydrogen-bond acceptors (Lipinski definition) is 4. The molecule has 0 rings (SSSR count). The summed E-state index contributed by atoms with van der Waals surface area (Å²) in [4.78, 5) is 23.9. The maximum Gasteiger partial charge on any atom is 0.311 e. The van der Waals surface area contributed by atoms with Crippen LogP contribution in [0, 0.1) is 11.3 Å². The van der Waals surface area contributed by atoms with Crippen LogP contribution in [0.1, 0.15) is 13.3 Å². The third kappa shape index (κ3) is 4.98. The molecular weight excluding hydrogens is 198 g/mol. The number of nitrogens with zero attached hydrogens (tertiary/aromatic N) is 2. The maximum absolute atomic E-state index is 11.4. The highest BCUT2D eigenvalue weighted by atomic mass is 16.3. The average Bonchev–Trinajstić information content (AvgIpc) is 2.26. The lowest BCUT2D eigenvalue weighted by molar-refractivity contribution is -0.145. The van der Waals surface area contributed by atoms with Gasteiger partial charge in [-0.15, -0.1) is 0 Å². The van der Waals surface area contributed by atoms with E-state index in [0.717, 1.165) is 0 Å². The molecule has 6 nitrogen and oxygen atoms in total. The quantitative estimate of drug-likeness (QED) is 0.446. The monoisotopic (exact) mass is 213 g/mol. The molecule has 0 bridgehead atoms. The minimum Gasteiger partial charge on any atom is -0.396 e. The van der Waals surface area contributed by atoms with Gasteiger partial charge in [-0.25, -0.2) is 0 Å². The second-order valence-electron chi connectivity index (χ2n) is 2.80. The molecule has 0 saturated carbocycles. The molecule has 0 radical (unpaired) electrons. The van der Waals surface area contributed by atoms with E-state index in [-0.39, 0.29) is 13.2 Å². The SMILES string of the molecule is CCN(CCCO)C(=O)C(=O)NCC#N. The van der Waals surface area contributed by atoms with Gasteiger partial charge in [0.2, 0.25) is 0 Å². The van der Waals surface area contributed by atoms with Gasteiger partial charge >= 0.3 is 11.8 Å². The molecule has 2 N–H and O–H groups in total. The molecule has 0 aliphatic carbocycles. The fourth-order valence-corrected chi connectivity index (χ4v) is 1.00. The standard InChI is InChI=1S/C9H15N3O3/c1-2-12(6-3-7-13)9(15)8(14)11-5-4-10/h13H,2-3,5-7H2,1H3,(H,11,14). The van der Waals surface area contributed by atoms with E-state index in [1.165, 1.54) is 4.90 Å². The summed E-state index contributed by atoms with van der Waals surface area (Å²) in [6, 6.07) is 1.71. The number of carbonyl (C=O) groups excluding carboxylic acids is 2. The average molecular weight is 213 g/mol. The van der Waals surface area contributed by atoms with Gasteiger partial charge in [0.15, 0.2) is 0 Å². The van der Waals surface area contributed by atoms with Crippen LogP contribution in [0.15, 0.2) is 0 Å². The summed E-state index contributed by atoms with van der Waals surface area (Å²) in [5, 5.41) is 19.0. The Morgan fingerprint density at radius 1 is 1.53 bits per heavy atom. The molecule has 0 aromatic rings. The first-order valence-electron chi connectivity index (χ1n) is 4.72. The molecule has 84 valence electrons. The number of nitriles is 1. The van der Waals surface area contributed by atoms with Crippen molar-refractivity contribution in [3.05, 3.63) is 0 Å². The van der Waals surface area contributed by atoms with Crippen LogP contribution >= 0.6 is 0 Å². The topological polar surface area (TPSA) is 93.4 Å². The number of amides is 2. The molecule has 6 heteroatoms. The van der Waals surface area contributed by atoms with E-state index >= 15 is 0 Å². The van der Waals surface area contributed by atoms with Crippen molar-refractivity contribution in [2.45, 2.75) is 13.3 Å². The molecule has 15 heavy (non-hydrogen) atoms. The lowest BCUT2D eigenvalue weighted by atomic mass is 10.3. The summed E-state index contributed by atoms with van der Waals surface area (Å²) in [5.41, 5.74) is 0. The first kappa shape index (κ1) is 13.4. The second-order valence-corrected chi connectivity index (χ2v) is 2.80. The zero-order chi connectivity index (χ0) is 11.7. The lowest BCUT2D eigenvalue weighted by Gasteiger charge is -2.19. The van der Waals surface area contributed by atoms with Gasteiger partial charge in [-0.2, -0.15) is 5.26 Å². The van der Waals surface area contributed by atoms with E-state index in [4.69, 9.17) is 10.4 Å². The van der Waals surface area contributed by atoms with E-state index in [1.807, 2.05) is 0 Å². The Kier molecular flexibility index (Phi) is 6.93. The van der Waals surface area contributed by atoms with E-state index in [9.17, 15) is 9.59 Å². The van der Waals surface area contributed by atoms with Crippen molar-refractivity contribution >= 4 is 11.8 Å². The fourth-order valence-electron chi connectivity index (χ4n) is 1.00. The number of aliphatic hydroxyl groups excluding tert-OH is 1. The molecule has 0 heterocycles. The van der Waals surface area contributed by atoms with Gasteiger partial charge in [-0.3, -0.25) is 9.59 Å². The largest absolute Gasteiger partial charge is 0.396 e. The summed E-state index contributed by atoms with van der Waals surface area (Å²) < 4.78 is 0. The van der Waals surface area contributed by atoms with Gasteiger partial charge in [0, 0.05) is 19.7 Å². The molecule has 0 spiro atoms. The third-order valence-corrected chi connectivity index (χ3v) is 1.78. The Balaban J connectivity index is 4.13. The van der Waals surface area contributed by atoms with Gasteiger partial charge in [0.1, 0.15) is 6.54 Å². The van der Waals surface area contributed by atoms with E-state index < -0.39 is 11.8 Å². The highest BCUT2D eigenvalue weighted by Gasteiger charge is 2.19. The van der Waals surface area contributed by atoms with Gasteiger partial charge < -0.3 is 15.3 Å². The van der Waals surface area contributed by atoms with Crippen LogP contribution in [0.5, 0.6) is 0 Å². The molecule has 0 aromatic carbocycles. The van der Waals surface area contributed by atoms with Gasteiger partial charge in [0.05, 0.1) is 6.07 Å².